The molecule has 190 valence electrons. The highest BCUT2D eigenvalue weighted by Crippen LogP contribution is 2.40. The molecule has 0 spiro atoms. The van der Waals surface area contributed by atoms with E-state index in [-0.39, 0.29) is 17.7 Å². The largest absolute Gasteiger partial charge is 0.383 e. The van der Waals surface area contributed by atoms with Crippen LogP contribution in [0, 0.1) is 5.95 Å². The first-order valence-electron chi connectivity index (χ1n) is 12.2. The van der Waals surface area contributed by atoms with Gasteiger partial charge in [0.05, 0.1) is 12.6 Å². The van der Waals surface area contributed by atoms with Crippen LogP contribution >= 0.6 is 0 Å². The van der Waals surface area contributed by atoms with Crippen LogP contribution in [0.3, 0.4) is 0 Å². The van der Waals surface area contributed by atoms with E-state index in [4.69, 9.17) is 0 Å². The third-order valence-corrected chi connectivity index (χ3v) is 6.46. The van der Waals surface area contributed by atoms with E-state index in [2.05, 4.69) is 45.6 Å². The number of hydrogen-bond acceptors (Lipinski definition) is 4. The summed E-state index contributed by atoms with van der Waals surface area (Å²) in [5.74, 6) is 0.179. The van der Waals surface area contributed by atoms with E-state index in [1.807, 2.05) is 24.3 Å². The molecular formula is C28H32F3N5. The maximum Gasteiger partial charge on any atom is 0.282 e. The van der Waals surface area contributed by atoms with Crippen molar-refractivity contribution in [3.05, 3.63) is 108 Å². The molecule has 1 aromatic carbocycles. The van der Waals surface area contributed by atoms with Gasteiger partial charge in [-0.2, -0.15) is 9.49 Å². The summed E-state index contributed by atoms with van der Waals surface area (Å²) in [4.78, 5) is 5.77. The van der Waals surface area contributed by atoms with Crippen LogP contribution in [-0.4, -0.2) is 32.3 Å². The normalized spacial score (nSPS) is 17.0. The number of allylic oxidation sites excluding steroid dienone is 1. The van der Waals surface area contributed by atoms with Gasteiger partial charge in [-0.3, -0.25) is 4.68 Å². The van der Waals surface area contributed by atoms with Crippen molar-refractivity contribution in [1.82, 2.24) is 25.0 Å². The predicted molar refractivity (Wildman–Crippen MR) is 135 cm³/mol. The first kappa shape index (κ1) is 25.5. The van der Waals surface area contributed by atoms with Gasteiger partial charge >= 0.3 is 0 Å². The minimum Gasteiger partial charge on any atom is -0.383 e. The van der Waals surface area contributed by atoms with Crippen molar-refractivity contribution in [3.8, 4) is 0 Å². The van der Waals surface area contributed by atoms with E-state index in [0.29, 0.717) is 12.5 Å². The second-order valence-corrected chi connectivity index (χ2v) is 9.18. The molecule has 1 aliphatic heterocycles. The van der Waals surface area contributed by atoms with Crippen LogP contribution in [0.5, 0.6) is 0 Å². The molecule has 0 radical (unpaired) electrons. The summed E-state index contributed by atoms with van der Waals surface area (Å²) < 4.78 is 39.6. The van der Waals surface area contributed by atoms with Crippen LogP contribution in [0.4, 0.5) is 13.2 Å². The zero-order valence-corrected chi connectivity index (χ0v) is 20.3. The first-order chi connectivity index (χ1) is 17.4. The molecular weight excluding hydrogens is 463 g/mol. The molecule has 0 bridgehead atoms. The highest BCUT2D eigenvalue weighted by molar-refractivity contribution is 5.21. The molecule has 3 aromatic rings. The molecule has 36 heavy (non-hydrogen) atoms. The van der Waals surface area contributed by atoms with Crippen LogP contribution in [0.15, 0.2) is 85.5 Å². The molecule has 1 saturated heterocycles. The van der Waals surface area contributed by atoms with Crippen molar-refractivity contribution >= 4 is 0 Å². The van der Waals surface area contributed by atoms with E-state index in [0.717, 1.165) is 55.7 Å². The quantitative estimate of drug-likeness (QED) is 0.359. The fourth-order valence-corrected chi connectivity index (χ4v) is 4.39. The first-order valence-corrected chi connectivity index (χ1v) is 12.2. The number of pyridine rings is 1. The van der Waals surface area contributed by atoms with Gasteiger partial charge in [0.15, 0.2) is 0 Å². The Kier molecular flexibility index (Phi) is 8.46. The van der Waals surface area contributed by atoms with Gasteiger partial charge in [0.2, 0.25) is 5.95 Å². The predicted octanol–water partition coefficient (Wildman–Crippen LogP) is 6.20. The third-order valence-electron chi connectivity index (χ3n) is 6.46. The average molecular weight is 496 g/mol. The molecule has 5 rings (SSSR count). The summed E-state index contributed by atoms with van der Waals surface area (Å²) >= 11 is 0. The molecule has 8 heteroatoms. The summed E-state index contributed by atoms with van der Waals surface area (Å²) in [6, 6.07) is 15.3. The average Bonchev–Trinajstić information content (AvgIpc) is 3.40. The molecule has 2 aliphatic rings. The maximum absolute atomic E-state index is 12.8. The number of halogens is 3. The summed E-state index contributed by atoms with van der Waals surface area (Å²) in [7, 11) is 0. The van der Waals surface area contributed by atoms with Crippen LogP contribution in [0.2, 0.25) is 0 Å². The number of benzene rings is 1. The SMILES string of the molecule is C=C(NCc1ccccc1)C1CCCN1C(=C)Cn1ccc(C(F)F)n1.Fc1ncccc1C1CC1. The number of likely N-dealkylation sites (tertiary alicyclic amines) is 1. The van der Waals surface area contributed by atoms with Gasteiger partial charge in [-0.25, -0.2) is 13.8 Å². The number of alkyl halides is 2. The molecule has 5 nitrogen and oxygen atoms in total. The zero-order chi connectivity index (χ0) is 25.5. The Morgan fingerprint density at radius 1 is 1.06 bits per heavy atom. The van der Waals surface area contributed by atoms with E-state index in [9.17, 15) is 13.2 Å². The molecule has 1 aliphatic carbocycles. The van der Waals surface area contributed by atoms with Crippen molar-refractivity contribution < 1.29 is 13.2 Å². The van der Waals surface area contributed by atoms with E-state index in [1.54, 1.807) is 12.3 Å². The second kappa shape index (κ2) is 11.9. The van der Waals surface area contributed by atoms with Gasteiger partial charge < -0.3 is 10.2 Å². The lowest BCUT2D eigenvalue weighted by Crippen LogP contribution is -2.35. The Labute approximate surface area is 210 Å². The highest BCUT2D eigenvalue weighted by atomic mass is 19.3. The molecule has 1 unspecified atom stereocenters. The van der Waals surface area contributed by atoms with Crippen molar-refractivity contribution in [1.29, 1.82) is 0 Å². The Hall–Kier alpha value is -3.55. The van der Waals surface area contributed by atoms with Crippen LogP contribution in [-0.2, 0) is 13.1 Å². The number of nitrogens with one attached hydrogen (secondary N) is 1. The van der Waals surface area contributed by atoms with Crippen LogP contribution < -0.4 is 5.32 Å². The molecule has 0 amide bonds. The van der Waals surface area contributed by atoms with E-state index in [1.165, 1.54) is 22.5 Å². The van der Waals surface area contributed by atoms with E-state index < -0.39 is 6.43 Å². The minimum atomic E-state index is -2.55. The third kappa shape index (κ3) is 6.77. The van der Waals surface area contributed by atoms with Crippen molar-refractivity contribution in [3.63, 3.8) is 0 Å². The molecule has 2 fully saturated rings. The summed E-state index contributed by atoms with van der Waals surface area (Å²) in [6.07, 6.45) is 4.82. The monoisotopic (exact) mass is 495 g/mol. The Bertz CT molecular complexity index is 1160. The molecule has 2 aromatic heterocycles. The van der Waals surface area contributed by atoms with Gasteiger partial charge in [-0.05, 0) is 49.3 Å². The number of nitrogens with zero attached hydrogens (tertiary/aromatic N) is 4. The standard InChI is InChI=1S/C20H24F2N4.C8H8FN/c1-15(14-25-12-10-18(24-25)20(21)22)26-11-6-9-19(26)16(2)23-13-17-7-4-3-5-8-17;9-8-7(6-3-4-6)2-1-5-10-8/h3-5,7-8,10,12,19-20,23H,1-2,6,9,11,13-14H2;1-2,5-6H,3-4H2. The Morgan fingerprint density at radius 3 is 2.50 bits per heavy atom. The highest BCUT2D eigenvalue weighted by Gasteiger charge is 2.28. The fraction of sp³-hybridized carbons (Fsp3) is 0.357. The number of rotatable bonds is 9. The molecule has 1 atom stereocenters. The minimum absolute atomic E-state index is 0.163. The van der Waals surface area contributed by atoms with Crippen molar-refractivity contribution in [2.75, 3.05) is 6.54 Å². The smallest absolute Gasteiger partial charge is 0.282 e. The van der Waals surface area contributed by atoms with Crippen LogP contribution in [0.25, 0.3) is 0 Å². The maximum atomic E-state index is 12.8. The lowest BCUT2D eigenvalue weighted by atomic mass is 10.1. The second-order valence-electron chi connectivity index (χ2n) is 9.18. The van der Waals surface area contributed by atoms with Gasteiger partial charge in [0.1, 0.15) is 5.69 Å². The topological polar surface area (TPSA) is 46.0 Å². The summed E-state index contributed by atoms with van der Waals surface area (Å²) in [5.41, 5.74) is 3.61. The summed E-state index contributed by atoms with van der Waals surface area (Å²) in [6.45, 7) is 10.4. The molecule has 3 heterocycles. The molecule has 1 saturated carbocycles. The van der Waals surface area contributed by atoms with Gasteiger partial charge in [0, 0.05) is 42.4 Å². The number of hydrogen-bond donors (Lipinski definition) is 1. The van der Waals surface area contributed by atoms with Crippen molar-refractivity contribution in [2.24, 2.45) is 0 Å². The Morgan fingerprint density at radius 2 is 1.83 bits per heavy atom. The van der Waals surface area contributed by atoms with Gasteiger partial charge in [0.25, 0.3) is 6.43 Å². The zero-order valence-electron chi connectivity index (χ0n) is 20.3. The lowest BCUT2D eigenvalue weighted by Gasteiger charge is -2.30. The van der Waals surface area contributed by atoms with Gasteiger partial charge in [-0.1, -0.05) is 49.6 Å². The molecule has 1 N–H and O–H groups in total. The Balaban J connectivity index is 0.000000251. The van der Waals surface area contributed by atoms with E-state index >= 15 is 0 Å². The van der Waals surface area contributed by atoms with Crippen LogP contribution in [0.1, 0.15) is 54.8 Å². The summed E-state index contributed by atoms with van der Waals surface area (Å²) in [5, 5.41) is 7.32. The number of aromatic nitrogens is 3. The lowest BCUT2D eigenvalue weighted by molar-refractivity contribution is 0.145. The van der Waals surface area contributed by atoms with Crippen molar-refractivity contribution in [2.45, 2.75) is 57.2 Å². The fourth-order valence-electron chi connectivity index (χ4n) is 4.39. The van der Waals surface area contributed by atoms with Gasteiger partial charge in [-0.15, -0.1) is 0 Å².